The molecule has 0 saturated carbocycles. The van der Waals surface area contributed by atoms with Crippen LogP contribution in [0.1, 0.15) is 5.56 Å². The van der Waals surface area contributed by atoms with E-state index in [-0.39, 0.29) is 11.0 Å². The van der Waals surface area contributed by atoms with Gasteiger partial charge in [0.05, 0.1) is 5.69 Å². The number of carboxylic acid groups (broad SMARTS) is 1. The van der Waals surface area contributed by atoms with E-state index in [4.69, 9.17) is 22.1 Å². The van der Waals surface area contributed by atoms with Gasteiger partial charge in [-0.25, -0.2) is 4.79 Å². The molecule has 7 heteroatoms. The molecule has 1 heterocycles. The van der Waals surface area contributed by atoms with Gasteiger partial charge in [-0.05, 0) is 36.5 Å². The van der Waals surface area contributed by atoms with Crippen LogP contribution in [-0.2, 0) is 9.59 Å². The third-order valence-electron chi connectivity index (χ3n) is 3.46. The number of hydrogen-bond acceptors (Lipinski definition) is 4. The van der Waals surface area contributed by atoms with Crippen LogP contribution in [0.3, 0.4) is 0 Å². The lowest BCUT2D eigenvalue weighted by Gasteiger charge is -2.13. The number of rotatable bonds is 5. The highest BCUT2D eigenvalue weighted by molar-refractivity contribution is 7.80. The molecule has 25 heavy (non-hydrogen) atoms. The maximum absolute atomic E-state index is 12.7. The predicted octanol–water partition coefficient (Wildman–Crippen LogP) is 2.41. The number of hydrogen-bond donors (Lipinski definition) is 2. The van der Waals surface area contributed by atoms with Crippen molar-refractivity contribution < 1.29 is 19.4 Å². The summed E-state index contributed by atoms with van der Waals surface area (Å²) in [5, 5.41) is 11.9. The van der Waals surface area contributed by atoms with Crippen molar-refractivity contribution in [1.29, 1.82) is 0 Å². The second kappa shape index (κ2) is 7.14. The van der Waals surface area contributed by atoms with E-state index in [0.29, 0.717) is 22.7 Å². The van der Waals surface area contributed by atoms with Gasteiger partial charge in [0, 0.05) is 5.56 Å². The third kappa shape index (κ3) is 3.67. The van der Waals surface area contributed by atoms with Crippen molar-refractivity contribution in [2.24, 2.45) is 0 Å². The molecule has 0 radical (unpaired) electrons. The maximum Gasteiger partial charge on any atom is 0.341 e. The van der Waals surface area contributed by atoms with Crippen molar-refractivity contribution in [2.45, 2.75) is 0 Å². The Kier molecular flexibility index (Phi) is 4.76. The molecule has 0 spiro atoms. The van der Waals surface area contributed by atoms with Crippen molar-refractivity contribution in [2.75, 3.05) is 11.5 Å². The summed E-state index contributed by atoms with van der Waals surface area (Å²) < 4.78 is 5.25. The summed E-state index contributed by atoms with van der Waals surface area (Å²) in [7, 11) is 0. The number of thiocarbonyl (C=S) groups is 1. The van der Waals surface area contributed by atoms with Gasteiger partial charge in [-0.3, -0.25) is 9.69 Å². The van der Waals surface area contributed by atoms with E-state index in [2.05, 4.69) is 5.32 Å². The van der Waals surface area contributed by atoms with E-state index in [1.165, 1.54) is 4.90 Å². The molecule has 126 valence electrons. The number of anilines is 1. The van der Waals surface area contributed by atoms with Crippen LogP contribution in [0, 0.1) is 0 Å². The van der Waals surface area contributed by atoms with Crippen molar-refractivity contribution in [3.05, 3.63) is 65.9 Å². The third-order valence-corrected chi connectivity index (χ3v) is 3.75. The zero-order valence-electron chi connectivity index (χ0n) is 13.0. The molecule has 1 aliphatic heterocycles. The zero-order chi connectivity index (χ0) is 17.8. The molecular weight excluding hydrogens is 340 g/mol. The number of carbonyl (C=O) groups is 2. The first-order valence-corrected chi connectivity index (χ1v) is 7.83. The normalized spacial score (nSPS) is 15.4. The average molecular weight is 354 g/mol. The number of nitrogens with one attached hydrogen (secondary N) is 1. The van der Waals surface area contributed by atoms with Crippen molar-refractivity contribution in [3.8, 4) is 5.75 Å². The molecule has 1 amide bonds. The van der Waals surface area contributed by atoms with E-state index < -0.39 is 12.6 Å². The molecule has 1 fully saturated rings. The lowest BCUT2D eigenvalue weighted by atomic mass is 10.1. The Bertz CT molecular complexity index is 864. The topological polar surface area (TPSA) is 78.9 Å². The Hall–Kier alpha value is -3.19. The Balaban J connectivity index is 1.89. The van der Waals surface area contributed by atoms with Crippen molar-refractivity contribution in [3.63, 3.8) is 0 Å². The fourth-order valence-electron chi connectivity index (χ4n) is 2.37. The Morgan fingerprint density at radius 2 is 1.84 bits per heavy atom. The first-order chi connectivity index (χ1) is 12.1. The molecule has 2 aromatic rings. The fraction of sp³-hybridized carbons (Fsp3) is 0.0556. The first kappa shape index (κ1) is 16.7. The minimum absolute atomic E-state index is 0.284. The zero-order valence-corrected chi connectivity index (χ0v) is 13.8. The quantitative estimate of drug-likeness (QED) is 0.634. The van der Waals surface area contributed by atoms with E-state index >= 15 is 0 Å². The molecule has 0 aromatic heterocycles. The SMILES string of the molecule is O=C(O)COc1ccccc1/C=C1/NC(=S)N(c2ccccc2)C1=O. The van der Waals surface area contributed by atoms with Crippen LogP contribution in [0.4, 0.5) is 5.69 Å². The van der Waals surface area contributed by atoms with Gasteiger partial charge in [0.15, 0.2) is 11.7 Å². The van der Waals surface area contributed by atoms with Gasteiger partial charge < -0.3 is 15.2 Å². The van der Waals surface area contributed by atoms with Gasteiger partial charge in [0.1, 0.15) is 11.4 Å². The highest BCUT2D eigenvalue weighted by Gasteiger charge is 2.31. The van der Waals surface area contributed by atoms with E-state index in [9.17, 15) is 9.59 Å². The summed E-state index contributed by atoms with van der Waals surface area (Å²) >= 11 is 5.26. The molecule has 0 aliphatic carbocycles. The number of nitrogens with zero attached hydrogens (tertiary/aromatic N) is 1. The smallest absolute Gasteiger partial charge is 0.341 e. The molecule has 2 aromatic carbocycles. The number of para-hydroxylation sites is 2. The van der Waals surface area contributed by atoms with Crippen LogP contribution in [0.5, 0.6) is 5.75 Å². The van der Waals surface area contributed by atoms with Crippen LogP contribution < -0.4 is 15.0 Å². The highest BCUT2D eigenvalue weighted by Crippen LogP contribution is 2.25. The molecule has 0 bridgehead atoms. The molecule has 2 N–H and O–H groups in total. The largest absolute Gasteiger partial charge is 0.481 e. The predicted molar refractivity (Wildman–Crippen MR) is 97.2 cm³/mol. The van der Waals surface area contributed by atoms with Crippen LogP contribution in [-0.4, -0.2) is 28.7 Å². The highest BCUT2D eigenvalue weighted by atomic mass is 32.1. The number of carbonyl (C=O) groups excluding carboxylic acids is 1. The Labute approximate surface area is 149 Å². The lowest BCUT2D eigenvalue weighted by Crippen LogP contribution is -2.30. The fourth-order valence-corrected chi connectivity index (χ4v) is 2.67. The number of ether oxygens (including phenoxy) is 1. The molecule has 3 rings (SSSR count). The number of aliphatic carboxylic acids is 1. The van der Waals surface area contributed by atoms with Gasteiger partial charge >= 0.3 is 5.97 Å². The van der Waals surface area contributed by atoms with E-state index in [1.54, 1.807) is 42.5 Å². The standard InChI is InChI=1S/C18H14N2O4S/c21-16(22)11-24-15-9-5-4-6-12(15)10-14-17(23)20(18(25)19-14)13-7-2-1-3-8-13/h1-10H,11H2,(H,19,25)(H,21,22)/b14-10+. The van der Waals surface area contributed by atoms with Crippen molar-refractivity contribution >= 4 is 41.0 Å². The van der Waals surface area contributed by atoms with Gasteiger partial charge in [0.2, 0.25) is 0 Å². The lowest BCUT2D eigenvalue weighted by molar-refractivity contribution is -0.139. The molecule has 1 aliphatic rings. The molecule has 6 nitrogen and oxygen atoms in total. The first-order valence-electron chi connectivity index (χ1n) is 7.42. The van der Waals surface area contributed by atoms with Gasteiger partial charge in [-0.15, -0.1) is 0 Å². The summed E-state index contributed by atoms with van der Waals surface area (Å²) in [6.07, 6.45) is 1.59. The number of carboxylic acids is 1. The summed E-state index contributed by atoms with van der Waals surface area (Å²) in [5.41, 5.74) is 1.54. The van der Waals surface area contributed by atoms with Crippen LogP contribution in [0.15, 0.2) is 60.3 Å². The minimum Gasteiger partial charge on any atom is -0.481 e. The second-order valence-corrected chi connectivity index (χ2v) is 5.57. The molecular formula is C18H14N2O4S. The van der Waals surface area contributed by atoms with Gasteiger partial charge in [-0.2, -0.15) is 0 Å². The van der Waals surface area contributed by atoms with E-state index in [1.807, 2.05) is 18.2 Å². The average Bonchev–Trinajstić information content (AvgIpc) is 2.88. The maximum atomic E-state index is 12.7. The monoisotopic (exact) mass is 354 g/mol. The Morgan fingerprint density at radius 1 is 1.16 bits per heavy atom. The second-order valence-electron chi connectivity index (χ2n) is 5.18. The Morgan fingerprint density at radius 3 is 2.56 bits per heavy atom. The molecule has 0 unspecified atom stereocenters. The van der Waals surface area contributed by atoms with Crippen LogP contribution in [0.25, 0.3) is 6.08 Å². The summed E-state index contributed by atoms with van der Waals surface area (Å²) in [6.45, 7) is -0.462. The van der Waals surface area contributed by atoms with Crippen LogP contribution >= 0.6 is 12.2 Å². The van der Waals surface area contributed by atoms with Crippen LogP contribution in [0.2, 0.25) is 0 Å². The van der Waals surface area contributed by atoms with E-state index in [0.717, 1.165) is 0 Å². The summed E-state index contributed by atoms with van der Waals surface area (Å²) in [6, 6.07) is 15.9. The molecule has 1 saturated heterocycles. The molecule has 0 atom stereocenters. The number of amides is 1. The summed E-state index contributed by atoms with van der Waals surface area (Å²) in [4.78, 5) is 24.8. The van der Waals surface area contributed by atoms with Gasteiger partial charge in [0.25, 0.3) is 5.91 Å². The summed E-state index contributed by atoms with van der Waals surface area (Å²) in [5.74, 6) is -0.991. The minimum atomic E-state index is -1.08. The van der Waals surface area contributed by atoms with Gasteiger partial charge in [-0.1, -0.05) is 36.4 Å². The number of benzene rings is 2. The van der Waals surface area contributed by atoms with Crippen molar-refractivity contribution in [1.82, 2.24) is 5.32 Å².